The van der Waals surface area contributed by atoms with Gasteiger partial charge in [-0.15, -0.1) is 0 Å². The molecule has 2 bridgehead atoms. The zero-order valence-corrected chi connectivity index (χ0v) is 11.2. The van der Waals surface area contributed by atoms with Crippen molar-refractivity contribution in [2.75, 3.05) is 19.0 Å². The second-order valence-corrected chi connectivity index (χ2v) is 6.09. The van der Waals surface area contributed by atoms with Crippen molar-refractivity contribution in [3.8, 4) is 0 Å². The van der Waals surface area contributed by atoms with Gasteiger partial charge in [0.15, 0.2) is 5.78 Å². The Morgan fingerprint density at radius 3 is 2.33 bits per heavy atom. The van der Waals surface area contributed by atoms with E-state index in [1.165, 1.54) is 19.3 Å². The number of nitrogens with zero attached hydrogens (tertiary/aromatic N) is 1. The molecule has 2 fully saturated rings. The SMILES string of the molecule is CN(C)c1ccc(C(=O)C2CC3CCC2C3)cc1. The lowest BCUT2D eigenvalue weighted by Crippen LogP contribution is -2.21. The van der Waals surface area contributed by atoms with Crippen molar-refractivity contribution < 1.29 is 4.79 Å². The molecule has 0 aromatic heterocycles. The summed E-state index contributed by atoms with van der Waals surface area (Å²) >= 11 is 0. The van der Waals surface area contributed by atoms with Crippen LogP contribution in [0.25, 0.3) is 0 Å². The second kappa shape index (κ2) is 4.42. The Kier molecular flexibility index (Phi) is 2.89. The first-order valence-corrected chi connectivity index (χ1v) is 6.97. The highest BCUT2D eigenvalue weighted by atomic mass is 16.1. The molecule has 0 spiro atoms. The highest BCUT2D eigenvalue weighted by Gasteiger charge is 2.43. The molecule has 0 aliphatic heterocycles. The van der Waals surface area contributed by atoms with Gasteiger partial charge in [0.1, 0.15) is 0 Å². The topological polar surface area (TPSA) is 20.3 Å². The minimum absolute atomic E-state index is 0.314. The maximum Gasteiger partial charge on any atom is 0.166 e. The summed E-state index contributed by atoms with van der Waals surface area (Å²) in [6.45, 7) is 0. The van der Waals surface area contributed by atoms with Crippen molar-refractivity contribution in [2.45, 2.75) is 25.7 Å². The van der Waals surface area contributed by atoms with Crippen LogP contribution >= 0.6 is 0 Å². The van der Waals surface area contributed by atoms with Gasteiger partial charge in [0.2, 0.25) is 0 Å². The molecule has 1 aromatic rings. The van der Waals surface area contributed by atoms with Crippen molar-refractivity contribution in [3.63, 3.8) is 0 Å². The first-order valence-electron chi connectivity index (χ1n) is 6.97. The van der Waals surface area contributed by atoms with Gasteiger partial charge in [-0.1, -0.05) is 6.42 Å². The number of anilines is 1. The van der Waals surface area contributed by atoms with E-state index in [-0.39, 0.29) is 0 Å². The monoisotopic (exact) mass is 243 g/mol. The molecule has 3 atom stereocenters. The molecule has 0 radical (unpaired) electrons. The molecule has 0 heterocycles. The zero-order chi connectivity index (χ0) is 12.7. The number of rotatable bonds is 3. The highest BCUT2D eigenvalue weighted by molar-refractivity contribution is 5.98. The number of carbonyl (C=O) groups is 1. The Balaban J connectivity index is 1.76. The van der Waals surface area contributed by atoms with E-state index < -0.39 is 0 Å². The Morgan fingerprint density at radius 2 is 1.83 bits per heavy atom. The number of fused-ring (bicyclic) bond motifs is 2. The van der Waals surface area contributed by atoms with Crippen LogP contribution in [0.2, 0.25) is 0 Å². The predicted octanol–water partition coefficient (Wildman–Crippen LogP) is 3.37. The second-order valence-electron chi connectivity index (χ2n) is 6.09. The number of hydrogen-bond acceptors (Lipinski definition) is 2. The Labute approximate surface area is 109 Å². The van der Waals surface area contributed by atoms with Gasteiger partial charge >= 0.3 is 0 Å². The molecule has 2 aliphatic rings. The minimum Gasteiger partial charge on any atom is -0.378 e. The molecule has 2 aliphatic carbocycles. The average Bonchev–Trinajstić information content (AvgIpc) is 3.00. The summed E-state index contributed by atoms with van der Waals surface area (Å²) < 4.78 is 0. The Hall–Kier alpha value is -1.31. The van der Waals surface area contributed by atoms with E-state index in [9.17, 15) is 4.79 Å². The fourth-order valence-corrected chi connectivity index (χ4v) is 3.70. The summed E-state index contributed by atoms with van der Waals surface area (Å²) in [5, 5.41) is 0. The molecule has 2 heteroatoms. The predicted molar refractivity (Wildman–Crippen MR) is 74.0 cm³/mol. The standard InChI is InChI=1S/C16H21NO/c1-17(2)14-7-5-12(6-8-14)16(18)15-10-11-3-4-13(15)9-11/h5-8,11,13,15H,3-4,9-10H2,1-2H3. The third-order valence-corrected chi connectivity index (χ3v) is 4.74. The zero-order valence-electron chi connectivity index (χ0n) is 11.2. The fourth-order valence-electron chi connectivity index (χ4n) is 3.70. The van der Waals surface area contributed by atoms with Gasteiger partial charge in [0, 0.05) is 31.3 Å². The number of benzene rings is 1. The largest absolute Gasteiger partial charge is 0.378 e. The van der Waals surface area contributed by atoms with Crippen molar-refractivity contribution in [3.05, 3.63) is 29.8 Å². The molecule has 18 heavy (non-hydrogen) atoms. The van der Waals surface area contributed by atoms with Gasteiger partial charge in [-0.3, -0.25) is 4.79 Å². The summed E-state index contributed by atoms with van der Waals surface area (Å²) in [5.74, 6) is 2.21. The molecule has 2 nitrogen and oxygen atoms in total. The molecule has 0 saturated heterocycles. The summed E-state index contributed by atoms with van der Waals surface area (Å²) in [4.78, 5) is 14.6. The fraction of sp³-hybridized carbons (Fsp3) is 0.562. The number of hydrogen-bond donors (Lipinski definition) is 0. The van der Waals surface area contributed by atoms with E-state index in [2.05, 4.69) is 4.90 Å². The van der Waals surface area contributed by atoms with E-state index >= 15 is 0 Å². The van der Waals surface area contributed by atoms with Crippen molar-refractivity contribution in [1.29, 1.82) is 0 Å². The van der Waals surface area contributed by atoms with Crippen LogP contribution < -0.4 is 4.90 Å². The van der Waals surface area contributed by atoms with Crippen molar-refractivity contribution in [1.82, 2.24) is 0 Å². The van der Waals surface area contributed by atoms with Crippen LogP contribution in [0.15, 0.2) is 24.3 Å². The quantitative estimate of drug-likeness (QED) is 0.759. The van der Waals surface area contributed by atoms with Gasteiger partial charge in [0.25, 0.3) is 0 Å². The number of carbonyl (C=O) groups excluding carboxylic acids is 1. The van der Waals surface area contributed by atoms with Gasteiger partial charge in [-0.25, -0.2) is 0 Å². The van der Waals surface area contributed by atoms with E-state index in [1.807, 2.05) is 38.4 Å². The third-order valence-electron chi connectivity index (χ3n) is 4.74. The molecule has 0 N–H and O–H groups in total. The van der Waals surface area contributed by atoms with E-state index in [1.54, 1.807) is 0 Å². The molecule has 0 amide bonds. The van der Waals surface area contributed by atoms with Crippen LogP contribution in [0.5, 0.6) is 0 Å². The highest BCUT2D eigenvalue weighted by Crippen LogP contribution is 2.49. The van der Waals surface area contributed by atoms with E-state index in [0.29, 0.717) is 17.6 Å². The normalized spacial score (nSPS) is 29.6. The lowest BCUT2D eigenvalue weighted by Gasteiger charge is -2.20. The molecule has 96 valence electrons. The summed E-state index contributed by atoms with van der Waals surface area (Å²) in [6.07, 6.45) is 5.07. The van der Waals surface area contributed by atoms with Gasteiger partial charge in [-0.05, 0) is 55.4 Å². The summed E-state index contributed by atoms with van der Waals surface area (Å²) in [5.41, 5.74) is 2.05. The lowest BCUT2D eigenvalue weighted by atomic mass is 9.83. The average molecular weight is 243 g/mol. The lowest BCUT2D eigenvalue weighted by molar-refractivity contribution is 0.0875. The minimum atomic E-state index is 0.314. The maximum absolute atomic E-state index is 12.5. The van der Waals surface area contributed by atoms with Gasteiger partial charge in [0.05, 0.1) is 0 Å². The Bertz CT molecular complexity index is 449. The van der Waals surface area contributed by atoms with Gasteiger partial charge < -0.3 is 4.90 Å². The van der Waals surface area contributed by atoms with E-state index in [0.717, 1.165) is 23.6 Å². The smallest absolute Gasteiger partial charge is 0.166 e. The maximum atomic E-state index is 12.5. The number of ketones is 1. The molecule has 3 unspecified atom stereocenters. The van der Waals surface area contributed by atoms with Gasteiger partial charge in [-0.2, -0.15) is 0 Å². The summed E-state index contributed by atoms with van der Waals surface area (Å²) in [7, 11) is 4.04. The molecule has 1 aromatic carbocycles. The van der Waals surface area contributed by atoms with Crippen LogP contribution in [-0.2, 0) is 0 Å². The van der Waals surface area contributed by atoms with E-state index in [4.69, 9.17) is 0 Å². The van der Waals surface area contributed by atoms with Crippen LogP contribution in [-0.4, -0.2) is 19.9 Å². The third kappa shape index (κ3) is 1.94. The molecule has 3 rings (SSSR count). The van der Waals surface area contributed by atoms with Crippen LogP contribution in [0, 0.1) is 17.8 Å². The Morgan fingerprint density at radius 1 is 1.11 bits per heavy atom. The van der Waals surface area contributed by atoms with Crippen LogP contribution in [0.1, 0.15) is 36.0 Å². The van der Waals surface area contributed by atoms with Crippen molar-refractivity contribution in [2.24, 2.45) is 17.8 Å². The number of Topliss-reactive ketones (excluding diaryl/α,β-unsaturated/α-hetero) is 1. The van der Waals surface area contributed by atoms with Crippen LogP contribution in [0.4, 0.5) is 5.69 Å². The van der Waals surface area contributed by atoms with Crippen molar-refractivity contribution >= 4 is 11.5 Å². The summed E-state index contributed by atoms with van der Waals surface area (Å²) in [6, 6.07) is 8.06. The van der Waals surface area contributed by atoms with Crippen LogP contribution in [0.3, 0.4) is 0 Å². The molecular weight excluding hydrogens is 222 g/mol. The first kappa shape index (κ1) is 11.8. The molecular formula is C16H21NO. The molecule has 2 saturated carbocycles. The first-order chi connectivity index (χ1) is 8.65.